The zero-order valence-electron chi connectivity index (χ0n) is 19.1. The Labute approximate surface area is 210 Å². The van der Waals surface area contributed by atoms with Crippen LogP contribution in [0.4, 0.5) is 0 Å². The largest absolute Gasteiger partial charge is 0.347 e. The van der Waals surface area contributed by atoms with E-state index in [4.69, 9.17) is 0 Å². The van der Waals surface area contributed by atoms with Crippen molar-refractivity contribution in [2.24, 2.45) is 0 Å². The number of nitrogens with zero attached hydrogens (tertiary/aromatic N) is 2. The van der Waals surface area contributed by atoms with E-state index < -0.39 is 0 Å². The van der Waals surface area contributed by atoms with Gasteiger partial charge >= 0.3 is 0 Å². The van der Waals surface area contributed by atoms with Crippen LogP contribution < -0.4 is 5.32 Å². The highest BCUT2D eigenvalue weighted by Crippen LogP contribution is 2.40. The molecule has 6 heteroatoms. The third-order valence-electron chi connectivity index (χ3n) is 6.64. The molecule has 35 heavy (non-hydrogen) atoms. The zero-order valence-corrected chi connectivity index (χ0v) is 20.7. The Morgan fingerprint density at radius 3 is 2.11 bits per heavy atom. The average Bonchev–Trinajstić information content (AvgIpc) is 3.51. The predicted molar refractivity (Wildman–Crippen MR) is 143 cm³/mol. The normalized spacial score (nSPS) is 13.9. The Hall–Kier alpha value is -3.90. The van der Waals surface area contributed by atoms with Crippen molar-refractivity contribution in [3.05, 3.63) is 106 Å². The summed E-state index contributed by atoms with van der Waals surface area (Å²) in [5.74, 6) is -0.722. The molecule has 0 radical (unpaired) electrons. The second-order valence-corrected chi connectivity index (χ2v) is 9.53. The molecule has 0 spiro atoms. The molecule has 0 saturated heterocycles. The lowest BCUT2D eigenvalue weighted by Gasteiger charge is -2.06. The van der Waals surface area contributed by atoms with E-state index >= 15 is 0 Å². The van der Waals surface area contributed by atoms with Crippen LogP contribution in [0.5, 0.6) is 0 Å². The van der Waals surface area contributed by atoms with Crippen LogP contribution in [0.2, 0.25) is 0 Å². The van der Waals surface area contributed by atoms with Crippen molar-refractivity contribution < 1.29 is 9.59 Å². The molecule has 5 nitrogen and oxygen atoms in total. The van der Waals surface area contributed by atoms with Crippen molar-refractivity contribution in [3.63, 3.8) is 0 Å². The van der Waals surface area contributed by atoms with Crippen LogP contribution in [0.3, 0.4) is 0 Å². The molecule has 0 aliphatic carbocycles. The molecule has 172 valence electrons. The molecule has 1 aliphatic heterocycles. The van der Waals surface area contributed by atoms with Gasteiger partial charge in [-0.2, -0.15) is 0 Å². The zero-order chi connectivity index (χ0) is 24.1. The summed E-state index contributed by atoms with van der Waals surface area (Å²) in [7, 11) is 0. The Kier molecular flexibility index (Phi) is 5.19. The van der Waals surface area contributed by atoms with Crippen LogP contribution in [0.25, 0.3) is 33.0 Å². The van der Waals surface area contributed by atoms with Crippen LogP contribution in [-0.2, 0) is 22.7 Å². The molecule has 3 aromatic carbocycles. The summed E-state index contributed by atoms with van der Waals surface area (Å²) < 4.78 is 5.19. The number of carbonyl (C=O) groups excluding carboxylic acids is 2. The SMILES string of the molecule is CCn1cc(C2=C(c3cn(Cc4ccccc4)c4c(Br)cccc34)C(=O)NC2=O)c2ccccc21. The molecule has 0 atom stereocenters. The topological polar surface area (TPSA) is 56.0 Å². The van der Waals surface area contributed by atoms with Gasteiger partial charge < -0.3 is 9.13 Å². The summed E-state index contributed by atoms with van der Waals surface area (Å²) in [6, 6.07) is 24.2. The molecule has 1 aliphatic rings. The summed E-state index contributed by atoms with van der Waals surface area (Å²) >= 11 is 3.71. The summed E-state index contributed by atoms with van der Waals surface area (Å²) in [6.45, 7) is 3.48. The first-order chi connectivity index (χ1) is 17.1. The quantitative estimate of drug-likeness (QED) is 0.287. The first-order valence-corrected chi connectivity index (χ1v) is 12.4. The van der Waals surface area contributed by atoms with Gasteiger partial charge in [-0.3, -0.25) is 14.9 Å². The number of nitrogens with one attached hydrogen (secondary N) is 1. The molecule has 0 unspecified atom stereocenters. The Balaban J connectivity index is 1.63. The Bertz CT molecular complexity index is 1670. The number of halogens is 1. The molecular weight excluding hydrogens is 502 g/mol. The number of imide groups is 1. The van der Waals surface area contributed by atoms with E-state index in [1.807, 2.05) is 73.1 Å². The molecule has 1 N–H and O–H groups in total. The molecule has 3 heterocycles. The van der Waals surface area contributed by atoms with Crippen molar-refractivity contribution in [3.8, 4) is 0 Å². The summed E-state index contributed by atoms with van der Waals surface area (Å²) in [6.07, 6.45) is 3.98. The number of aromatic nitrogens is 2. The fourth-order valence-corrected chi connectivity index (χ4v) is 5.69. The van der Waals surface area contributed by atoms with E-state index in [0.717, 1.165) is 49.5 Å². The molecule has 0 saturated carbocycles. The number of carbonyl (C=O) groups is 2. The third kappa shape index (κ3) is 3.44. The van der Waals surface area contributed by atoms with Crippen LogP contribution in [0.15, 0.2) is 89.7 Å². The molecule has 2 amide bonds. The van der Waals surface area contributed by atoms with Gasteiger partial charge in [-0.25, -0.2) is 0 Å². The molecule has 5 aromatic rings. The van der Waals surface area contributed by atoms with E-state index in [2.05, 4.69) is 49.4 Å². The van der Waals surface area contributed by atoms with Crippen LogP contribution in [0, 0.1) is 0 Å². The number of rotatable bonds is 5. The lowest BCUT2D eigenvalue weighted by Crippen LogP contribution is -2.22. The van der Waals surface area contributed by atoms with Gasteiger partial charge in [-0.05, 0) is 40.5 Å². The van der Waals surface area contributed by atoms with Gasteiger partial charge in [0.15, 0.2) is 0 Å². The van der Waals surface area contributed by atoms with E-state index in [0.29, 0.717) is 17.7 Å². The minimum atomic E-state index is -0.364. The maximum absolute atomic E-state index is 13.3. The number of para-hydroxylation sites is 2. The molecule has 6 rings (SSSR count). The number of aryl methyl sites for hydroxylation is 1. The number of hydrogen-bond acceptors (Lipinski definition) is 2. The fraction of sp³-hybridized carbons (Fsp3) is 0.103. The van der Waals surface area contributed by atoms with E-state index in [1.54, 1.807) is 0 Å². The summed E-state index contributed by atoms with van der Waals surface area (Å²) in [5.41, 5.74) is 5.56. The highest BCUT2D eigenvalue weighted by atomic mass is 79.9. The Morgan fingerprint density at radius 2 is 1.37 bits per heavy atom. The van der Waals surface area contributed by atoms with Crippen molar-refractivity contribution >= 4 is 60.7 Å². The van der Waals surface area contributed by atoms with Gasteiger partial charge in [0.25, 0.3) is 11.8 Å². The minimum Gasteiger partial charge on any atom is -0.347 e. The van der Waals surface area contributed by atoms with Gasteiger partial charge in [0.05, 0.1) is 16.7 Å². The molecule has 0 fully saturated rings. The van der Waals surface area contributed by atoms with Crippen molar-refractivity contribution in [1.82, 2.24) is 14.5 Å². The number of benzene rings is 3. The van der Waals surface area contributed by atoms with E-state index in [9.17, 15) is 9.59 Å². The van der Waals surface area contributed by atoms with Crippen LogP contribution in [0.1, 0.15) is 23.6 Å². The number of hydrogen-bond donors (Lipinski definition) is 1. The maximum atomic E-state index is 13.3. The fourth-order valence-electron chi connectivity index (χ4n) is 5.10. The highest BCUT2D eigenvalue weighted by Gasteiger charge is 2.35. The van der Waals surface area contributed by atoms with E-state index in [1.165, 1.54) is 0 Å². The second-order valence-electron chi connectivity index (χ2n) is 8.67. The predicted octanol–water partition coefficient (Wildman–Crippen LogP) is 5.99. The smallest absolute Gasteiger partial charge is 0.259 e. The molecule has 2 aromatic heterocycles. The standard InChI is InChI=1S/C29H22BrN3O2/c1-2-32-16-21(19-11-6-7-14-24(19)32)25-26(29(35)31-28(25)34)22-17-33(15-18-9-4-3-5-10-18)27-20(22)12-8-13-23(27)30/h3-14,16-17H,2,15H2,1H3,(H,31,34,35). The van der Waals surface area contributed by atoms with Crippen molar-refractivity contribution in [2.75, 3.05) is 0 Å². The number of fused-ring (bicyclic) bond motifs is 2. The molecular formula is C29H22BrN3O2. The summed E-state index contributed by atoms with van der Waals surface area (Å²) in [5, 5.41) is 4.44. The minimum absolute atomic E-state index is 0.358. The third-order valence-corrected chi connectivity index (χ3v) is 7.28. The summed E-state index contributed by atoms with van der Waals surface area (Å²) in [4.78, 5) is 26.5. The van der Waals surface area contributed by atoms with Crippen LogP contribution in [-0.4, -0.2) is 20.9 Å². The Morgan fingerprint density at radius 1 is 0.743 bits per heavy atom. The van der Waals surface area contributed by atoms with Gasteiger partial charge in [0.1, 0.15) is 0 Å². The van der Waals surface area contributed by atoms with Crippen molar-refractivity contribution in [2.45, 2.75) is 20.0 Å². The first-order valence-electron chi connectivity index (χ1n) is 11.6. The molecule has 0 bridgehead atoms. The number of amides is 2. The van der Waals surface area contributed by atoms with E-state index in [-0.39, 0.29) is 11.8 Å². The van der Waals surface area contributed by atoms with Gasteiger partial charge in [0.2, 0.25) is 0 Å². The second kappa shape index (κ2) is 8.40. The lowest BCUT2D eigenvalue weighted by atomic mass is 9.95. The average molecular weight is 524 g/mol. The lowest BCUT2D eigenvalue weighted by molar-refractivity contribution is -0.122. The van der Waals surface area contributed by atoms with Crippen molar-refractivity contribution in [1.29, 1.82) is 0 Å². The monoisotopic (exact) mass is 523 g/mol. The van der Waals surface area contributed by atoms with Gasteiger partial charge in [-0.15, -0.1) is 0 Å². The highest BCUT2D eigenvalue weighted by molar-refractivity contribution is 9.10. The van der Waals surface area contributed by atoms with Gasteiger partial charge in [0, 0.05) is 57.4 Å². The maximum Gasteiger partial charge on any atom is 0.259 e. The van der Waals surface area contributed by atoms with Crippen LogP contribution >= 0.6 is 15.9 Å². The van der Waals surface area contributed by atoms with Gasteiger partial charge in [-0.1, -0.05) is 60.7 Å². The first kappa shape index (κ1) is 21.6.